The molecule has 0 bridgehead atoms. The fourth-order valence-electron chi connectivity index (χ4n) is 2.88. The van der Waals surface area contributed by atoms with E-state index in [4.69, 9.17) is 5.73 Å². The van der Waals surface area contributed by atoms with Crippen LogP contribution in [0.3, 0.4) is 0 Å². The van der Waals surface area contributed by atoms with Crippen molar-refractivity contribution in [1.29, 1.82) is 0 Å². The number of fused-ring (bicyclic) bond motifs is 1. The Kier molecular flexibility index (Phi) is 4.22. The Labute approximate surface area is 162 Å². The van der Waals surface area contributed by atoms with E-state index < -0.39 is 17.3 Å². The summed E-state index contributed by atoms with van der Waals surface area (Å²) >= 11 is 0. The molecule has 0 fully saturated rings. The van der Waals surface area contributed by atoms with Crippen LogP contribution in [0.15, 0.2) is 41.7 Å². The molecule has 0 saturated carbocycles. The number of halogens is 1. The van der Waals surface area contributed by atoms with E-state index in [1.807, 2.05) is 0 Å². The molecule has 0 unspecified atom stereocenters. The van der Waals surface area contributed by atoms with Crippen molar-refractivity contribution < 1.29 is 9.18 Å². The maximum Gasteiger partial charge on any atom is 0.279 e. The Morgan fingerprint density at radius 1 is 1.21 bits per heavy atom. The van der Waals surface area contributed by atoms with E-state index in [0.29, 0.717) is 11.5 Å². The number of anilines is 3. The zero-order chi connectivity index (χ0) is 20.7. The number of primary amides is 1. The van der Waals surface area contributed by atoms with Gasteiger partial charge in [-0.25, -0.2) is 9.37 Å². The molecule has 0 spiro atoms. The number of aryl methyl sites for hydroxylation is 1. The van der Waals surface area contributed by atoms with E-state index in [9.17, 15) is 14.0 Å². The van der Waals surface area contributed by atoms with Crippen LogP contribution < -0.4 is 21.9 Å². The molecule has 29 heavy (non-hydrogen) atoms. The van der Waals surface area contributed by atoms with Crippen LogP contribution in [0.1, 0.15) is 10.4 Å². The van der Waals surface area contributed by atoms with Gasteiger partial charge in [0.15, 0.2) is 5.65 Å². The Balaban J connectivity index is 1.83. The van der Waals surface area contributed by atoms with Gasteiger partial charge in [-0.1, -0.05) is 0 Å². The van der Waals surface area contributed by atoms with E-state index in [0.717, 1.165) is 16.8 Å². The highest BCUT2D eigenvalue weighted by Gasteiger charge is 2.16. The van der Waals surface area contributed by atoms with Crippen molar-refractivity contribution in [3.05, 3.63) is 58.7 Å². The molecular formula is C17H16FN9O2. The van der Waals surface area contributed by atoms with Gasteiger partial charge in [-0.2, -0.15) is 14.7 Å². The van der Waals surface area contributed by atoms with Crippen LogP contribution in [0.25, 0.3) is 11.3 Å². The number of rotatable bonds is 5. The molecule has 4 N–H and O–H groups in total. The first-order valence-corrected chi connectivity index (χ1v) is 8.42. The number of nitrogens with one attached hydrogen (secondary N) is 2. The fourth-order valence-corrected chi connectivity index (χ4v) is 2.88. The monoisotopic (exact) mass is 397 g/mol. The number of carbonyl (C=O) groups is 1. The lowest BCUT2D eigenvalue weighted by Gasteiger charge is -2.11. The van der Waals surface area contributed by atoms with Crippen molar-refractivity contribution in [3.8, 4) is 5.69 Å². The summed E-state index contributed by atoms with van der Waals surface area (Å²) in [5.41, 5.74) is 5.52. The Bertz CT molecular complexity index is 1300. The number of hydrogen-bond acceptors (Lipinski definition) is 7. The molecule has 0 atom stereocenters. The topological polar surface area (TPSA) is 137 Å². The standard InChI is InChI=1S/C17H16FN9O2/c1-20-14-4-13(24-16-11(15(19)28)6-22-27(14)16)23-12-3-9(18)7-26(17(12)29)10-5-21-25(2)8-10/h3-8,20H,1-2H3,(H2,19,28)(H,23,24). The maximum atomic E-state index is 14.2. The third kappa shape index (κ3) is 3.16. The second kappa shape index (κ2) is 6.74. The van der Waals surface area contributed by atoms with Gasteiger partial charge in [0.1, 0.15) is 28.7 Å². The number of hydrogen-bond donors (Lipinski definition) is 3. The van der Waals surface area contributed by atoms with Gasteiger partial charge < -0.3 is 16.4 Å². The van der Waals surface area contributed by atoms with Crippen molar-refractivity contribution >= 4 is 28.9 Å². The predicted octanol–water partition coefficient (Wildman–Crippen LogP) is 0.637. The summed E-state index contributed by atoms with van der Waals surface area (Å²) in [5, 5.41) is 13.8. The van der Waals surface area contributed by atoms with Crippen LogP contribution in [-0.4, -0.2) is 41.9 Å². The lowest BCUT2D eigenvalue weighted by molar-refractivity contribution is 0.100. The van der Waals surface area contributed by atoms with E-state index in [1.165, 1.54) is 21.6 Å². The van der Waals surface area contributed by atoms with Gasteiger partial charge >= 0.3 is 0 Å². The molecule has 12 heteroatoms. The average molecular weight is 397 g/mol. The van der Waals surface area contributed by atoms with Crippen LogP contribution in [0.5, 0.6) is 0 Å². The van der Waals surface area contributed by atoms with Gasteiger partial charge in [0, 0.05) is 38.6 Å². The molecule has 4 rings (SSSR count). The van der Waals surface area contributed by atoms with Gasteiger partial charge in [-0.05, 0) is 0 Å². The minimum Gasteiger partial charge on any atom is -0.373 e. The normalized spacial score (nSPS) is 11.0. The molecule has 0 aliphatic rings. The summed E-state index contributed by atoms with van der Waals surface area (Å²) in [6.45, 7) is 0. The van der Waals surface area contributed by atoms with Gasteiger partial charge in [-0.15, -0.1) is 0 Å². The first kappa shape index (κ1) is 18.2. The molecule has 0 saturated heterocycles. The molecule has 4 heterocycles. The molecule has 0 aliphatic heterocycles. The maximum absolute atomic E-state index is 14.2. The van der Waals surface area contributed by atoms with Crippen LogP contribution in [0, 0.1) is 5.82 Å². The van der Waals surface area contributed by atoms with Crippen molar-refractivity contribution in [1.82, 2.24) is 28.9 Å². The molecule has 11 nitrogen and oxygen atoms in total. The number of amides is 1. The van der Waals surface area contributed by atoms with Gasteiger partial charge in [-0.3, -0.25) is 18.8 Å². The van der Waals surface area contributed by atoms with Gasteiger partial charge in [0.05, 0.1) is 18.1 Å². The van der Waals surface area contributed by atoms with Crippen LogP contribution in [0.4, 0.5) is 21.7 Å². The van der Waals surface area contributed by atoms with Crippen LogP contribution in [-0.2, 0) is 7.05 Å². The van der Waals surface area contributed by atoms with E-state index in [1.54, 1.807) is 26.4 Å². The summed E-state index contributed by atoms with van der Waals surface area (Å²) in [6.07, 6.45) is 5.40. The smallest absolute Gasteiger partial charge is 0.279 e. The lowest BCUT2D eigenvalue weighted by atomic mass is 10.3. The summed E-state index contributed by atoms with van der Waals surface area (Å²) in [5.74, 6) is -0.649. The molecule has 4 aromatic heterocycles. The average Bonchev–Trinajstić information content (AvgIpc) is 3.30. The van der Waals surface area contributed by atoms with Crippen molar-refractivity contribution in [2.45, 2.75) is 0 Å². The first-order chi connectivity index (χ1) is 13.9. The fraction of sp³-hybridized carbons (Fsp3) is 0.118. The molecule has 1 amide bonds. The van der Waals surface area contributed by atoms with Crippen molar-refractivity contribution in [2.75, 3.05) is 17.7 Å². The number of nitrogens with two attached hydrogens (primary N) is 1. The minimum absolute atomic E-state index is 0.0482. The van der Waals surface area contributed by atoms with Crippen molar-refractivity contribution in [2.24, 2.45) is 12.8 Å². The van der Waals surface area contributed by atoms with Gasteiger partial charge in [0.25, 0.3) is 11.5 Å². The number of pyridine rings is 1. The van der Waals surface area contributed by atoms with Crippen LogP contribution in [0.2, 0.25) is 0 Å². The highest BCUT2D eigenvalue weighted by atomic mass is 19.1. The Morgan fingerprint density at radius 2 is 2.00 bits per heavy atom. The van der Waals surface area contributed by atoms with Crippen molar-refractivity contribution in [3.63, 3.8) is 0 Å². The predicted molar refractivity (Wildman–Crippen MR) is 103 cm³/mol. The van der Waals surface area contributed by atoms with E-state index >= 15 is 0 Å². The second-order valence-electron chi connectivity index (χ2n) is 6.18. The second-order valence-corrected chi connectivity index (χ2v) is 6.18. The molecule has 0 aliphatic carbocycles. The molecular weight excluding hydrogens is 381 g/mol. The summed E-state index contributed by atoms with van der Waals surface area (Å²) in [6, 6.07) is 2.62. The molecule has 148 valence electrons. The Morgan fingerprint density at radius 3 is 2.66 bits per heavy atom. The quantitative estimate of drug-likeness (QED) is 0.449. The lowest BCUT2D eigenvalue weighted by Crippen LogP contribution is -2.21. The first-order valence-electron chi connectivity index (χ1n) is 8.42. The summed E-state index contributed by atoms with van der Waals surface area (Å²) < 4.78 is 18.2. The van der Waals surface area contributed by atoms with Crippen LogP contribution >= 0.6 is 0 Å². The molecule has 0 aromatic carbocycles. The third-order valence-corrected chi connectivity index (χ3v) is 4.21. The molecule has 4 aromatic rings. The number of aromatic nitrogens is 6. The number of nitrogens with zero attached hydrogens (tertiary/aromatic N) is 6. The van der Waals surface area contributed by atoms with Gasteiger partial charge in [0.2, 0.25) is 0 Å². The van der Waals surface area contributed by atoms with E-state index in [-0.39, 0.29) is 22.7 Å². The zero-order valence-electron chi connectivity index (χ0n) is 15.4. The summed E-state index contributed by atoms with van der Waals surface area (Å²) in [4.78, 5) is 28.8. The third-order valence-electron chi connectivity index (χ3n) is 4.21. The number of carbonyl (C=O) groups excluding carboxylic acids is 1. The highest BCUT2D eigenvalue weighted by Crippen LogP contribution is 2.21. The highest BCUT2D eigenvalue weighted by molar-refractivity contribution is 5.98. The minimum atomic E-state index is -0.698. The largest absolute Gasteiger partial charge is 0.373 e. The summed E-state index contributed by atoms with van der Waals surface area (Å²) in [7, 11) is 3.34. The zero-order valence-corrected chi connectivity index (χ0v) is 15.4. The Hall–Kier alpha value is -4.22. The molecule has 0 radical (unpaired) electrons. The van der Waals surface area contributed by atoms with E-state index in [2.05, 4.69) is 25.8 Å². The SMILES string of the molecule is CNc1cc(Nc2cc(F)cn(-c3cnn(C)c3)c2=O)nc2c(C(N)=O)cnn12.